The molecule has 0 N–H and O–H groups in total. The van der Waals surface area contributed by atoms with Gasteiger partial charge in [0, 0.05) is 38.1 Å². The van der Waals surface area contributed by atoms with Crippen LogP contribution >= 0.6 is 0 Å². The largest absolute Gasteiger partial charge is 0.353 e. The van der Waals surface area contributed by atoms with Gasteiger partial charge in [-0.3, -0.25) is 4.79 Å². The van der Waals surface area contributed by atoms with E-state index in [1.165, 1.54) is 10.7 Å². The first-order valence-electron chi connectivity index (χ1n) is 8.90. The molecule has 0 spiro atoms. The molecule has 0 saturated carbocycles. The highest BCUT2D eigenvalue weighted by Crippen LogP contribution is 2.18. The van der Waals surface area contributed by atoms with Gasteiger partial charge < -0.3 is 9.80 Å². The summed E-state index contributed by atoms with van der Waals surface area (Å²) in [5.74, 6) is 0.421. The minimum absolute atomic E-state index is 0.131. The van der Waals surface area contributed by atoms with E-state index in [1.807, 2.05) is 25.1 Å². The first-order chi connectivity index (χ1) is 13.1. The molecule has 2 aromatic heterocycles. The maximum atomic E-state index is 14.1. The highest BCUT2D eigenvalue weighted by Gasteiger charge is 2.25. The number of amides is 1. The lowest BCUT2D eigenvalue weighted by molar-refractivity contribution is 0.0740. The van der Waals surface area contributed by atoms with Gasteiger partial charge >= 0.3 is 0 Å². The van der Waals surface area contributed by atoms with E-state index in [1.54, 1.807) is 35.4 Å². The van der Waals surface area contributed by atoms with Gasteiger partial charge in [0.15, 0.2) is 5.69 Å². The number of carbonyl (C=O) groups is 1. The smallest absolute Gasteiger partial charge is 0.274 e. The molecule has 1 aliphatic heterocycles. The van der Waals surface area contributed by atoms with Crippen molar-refractivity contribution in [2.45, 2.75) is 6.92 Å². The third-order valence-electron chi connectivity index (χ3n) is 4.73. The van der Waals surface area contributed by atoms with Gasteiger partial charge in [-0.05, 0) is 37.3 Å². The molecule has 0 aliphatic carbocycles. The molecule has 0 bridgehead atoms. The van der Waals surface area contributed by atoms with Crippen molar-refractivity contribution in [2.24, 2.45) is 0 Å². The van der Waals surface area contributed by atoms with E-state index in [-0.39, 0.29) is 11.7 Å². The molecular formula is C20H20FN5O. The van der Waals surface area contributed by atoms with Gasteiger partial charge in [-0.15, -0.1) is 0 Å². The van der Waals surface area contributed by atoms with Gasteiger partial charge in [-0.25, -0.2) is 14.1 Å². The number of hydrogen-bond donors (Lipinski definition) is 0. The van der Waals surface area contributed by atoms with Gasteiger partial charge in [-0.2, -0.15) is 5.10 Å². The molecule has 138 valence electrons. The zero-order valence-electron chi connectivity index (χ0n) is 15.0. The minimum atomic E-state index is -0.369. The number of pyridine rings is 1. The fraction of sp³-hybridized carbons (Fsp3) is 0.250. The van der Waals surface area contributed by atoms with Crippen LogP contribution in [0.4, 0.5) is 10.2 Å². The van der Waals surface area contributed by atoms with Gasteiger partial charge in [0.2, 0.25) is 0 Å². The summed E-state index contributed by atoms with van der Waals surface area (Å²) in [5.41, 5.74) is 1.40. The maximum Gasteiger partial charge on any atom is 0.274 e. The van der Waals surface area contributed by atoms with Crippen LogP contribution in [0.25, 0.3) is 5.69 Å². The van der Waals surface area contributed by atoms with Crippen LogP contribution in [-0.2, 0) is 0 Å². The summed E-state index contributed by atoms with van der Waals surface area (Å²) in [4.78, 5) is 21.1. The predicted octanol–water partition coefficient (Wildman–Crippen LogP) is 2.68. The van der Waals surface area contributed by atoms with Crippen molar-refractivity contribution in [1.29, 1.82) is 0 Å². The Morgan fingerprint density at radius 1 is 1.04 bits per heavy atom. The number of hydrogen-bond acceptors (Lipinski definition) is 4. The Morgan fingerprint density at radius 2 is 1.78 bits per heavy atom. The predicted molar refractivity (Wildman–Crippen MR) is 101 cm³/mol. The fourth-order valence-corrected chi connectivity index (χ4v) is 3.29. The summed E-state index contributed by atoms with van der Waals surface area (Å²) < 4.78 is 15.5. The van der Waals surface area contributed by atoms with Crippen LogP contribution in [0.2, 0.25) is 0 Å². The first kappa shape index (κ1) is 17.2. The van der Waals surface area contributed by atoms with Crippen molar-refractivity contribution >= 4 is 11.7 Å². The van der Waals surface area contributed by atoms with Crippen molar-refractivity contribution in [1.82, 2.24) is 19.7 Å². The summed E-state index contributed by atoms with van der Waals surface area (Å²) in [6.45, 7) is 4.45. The normalized spacial score (nSPS) is 14.4. The monoisotopic (exact) mass is 365 g/mol. The number of aromatic nitrogens is 3. The number of piperazine rings is 1. The van der Waals surface area contributed by atoms with Gasteiger partial charge in [0.05, 0.1) is 0 Å². The summed E-state index contributed by atoms with van der Waals surface area (Å²) in [7, 11) is 0. The van der Waals surface area contributed by atoms with E-state index in [0.717, 1.165) is 24.6 Å². The number of anilines is 1. The molecular weight excluding hydrogens is 345 g/mol. The Labute approximate surface area is 156 Å². The van der Waals surface area contributed by atoms with Crippen molar-refractivity contribution in [3.05, 3.63) is 71.9 Å². The highest BCUT2D eigenvalue weighted by atomic mass is 19.1. The zero-order valence-corrected chi connectivity index (χ0v) is 15.0. The van der Waals surface area contributed by atoms with Crippen LogP contribution < -0.4 is 4.90 Å². The third-order valence-corrected chi connectivity index (χ3v) is 4.73. The molecule has 1 aliphatic rings. The molecule has 1 aromatic carbocycles. The average Bonchev–Trinajstić information content (AvgIpc) is 3.10. The highest BCUT2D eigenvalue weighted by molar-refractivity contribution is 5.92. The first-order valence-corrected chi connectivity index (χ1v) is 8.90. The Balaban J connectivity index is 1.48. The van der Waals surface area contributed by atoms with E-state index in [9.17, 15) is 9.18 Å². The Bertz CT molecular complexity index is 948. The van der Waals surface area contributed by atoms with Gasteiger partial charge in [-0.1, -0.05) is 18.2 Å². The molecule has 4 rings (SSSR count). The second kappa shape index (κ2) is 7.19. The standard InChI is InChI=1S/C20H20FN5O/c1-15-14-17(23-26(15)18-7-3-2-6-16(18)21)20(27)25-12-10-24(11-13-25)19-8-4-5-9-22-19/h2-9,14H,10-13H2,1H3. The van der Waals surface area contributed by atoms with Crippen LogP contribution in [0, 0.1) is 12.7 Å². The lowest BCUT2D eigenvalue weighted by Gasteiger charge is -2.35. The van der Waals surface area contributed by atoms with Crippen molar-refractivity contribution in [3.8, 4) is 5.69 Å². The van der Waals surface area contributed by atoms with Crippen LogP contribution in [0.5, 0.6) is 0 Å². The number of halogens is 1. The zero-order chi connectivity index (χ0) is 18.8. The number of benzene rings is 1. The van der Waals surface area contributed by atoms with E-state index >= 15 is 0 Å². The topological polar surface area (TPSA) is 54.3 Å². The second-order valence-corrected chi connectivity index (χ2v) is 6.50. The summed E-state index contributed by atoms with van der Waals surface area (Å²) in [6.07, 6.45) is 1.77. The number of nitrogens with zero attached hydrogens (tertiary/aromatic N) is 5. The van der Waals surface area contributed by atoms with Crippen molar-refractivity contribution in [3.63, 3.8) is 0 Å². The molecule has 1 saturated heterocycles. The molecule has 0 unspecified atom stereocenters. The molecule has 0 atom stereocenters. The average molecular weight is 365 g/mol. The maximum absolute atomic E-state index is 14.1. The second-order valence-electron chi connectivity index (χ2n) is 6.50. The lowest BCUT2D eigenvalue weighted by Crippen LogP contribution is -2.49. The number of rotatable bonds is 3. The number of aryl methyl sites for hydroxylation is 1. The number of para-hydroxylation sites is 1. The van der Waals surface area contributed by atoms with E-state index in [4.69, 9.17) is 0 Å². The summed E-state index contributed by atoms with van der Waals surface area (Å²) >= 11 is 0. The van der Waals surface area contributed by atoms with Crippen LogP contribution in [0.15, 0.2) is 54.7 Å². The van der Waals surface area contributed by atoms with Crippen LogP contribution in [0.3, 0.4) is 0 Å². The van der Waals surface area contributed by atoms with E-state index < -0.39 is 0 Å². The van der Waals surface area contributed by atoms with Crippen LogP contribution in [-0.4, -0.2) is 51.8 Å². The SMILES string of the molecule is Cc1cc(C(=O)N2CCN(c3ccccn3)CC2)nn1-c1ccccc1F. The molecule has 1 amide bonds. The molecule has 27 heavy (non-hydrogen) atoms. The Kier molecular flexibility index (Phi) is 4.58. The molecule has 7 heteroatoms. The molecule has 1 fully saturated rings. The van der Waals surface area contributed by atoms with E-state index in [2.05, 4.69) is 15.0 Å². The van der Waals surface area contributed by atoms with Crippen molar-refractivity contribution in [2.75, 3.05) is 31.1 Å². The van der Waals surface area contributed by atoms with Crippen LogP contribution in [0.1, 0.15) is 16.2 Å². The molecule has 3 aromatic rings. The quantitative estimate of drug-likeness (QED) is 0.716. The van der Waals surface area contributed by atoms with Crippen molar-refractivity contribution < 1.29 is 9.18 Å². The molecule has 3 heterocycles. The lowest BCUT2D eigenvalue weighted by atomic mass is 10.2. The Hall–Kier alpha value is -3.22. The minimum Gasteiger partial charge on any atom is -0.353 e. The Morgan fingerprint density at radius 3 is 2.48 bits per heavy atom. The van der Waals surface area contributed by atoms with E-state index in [0.29, 0.717) is 24.5 Å². The fourth-order valence-electron chi connectivity index (χ4n) is 3.29. The number of carbonyl (C=O) groups excluding carboxylic acids is 1. The third kappa shape index (κ3) is 3.40. The summed E-state index contributed by atoms with van der Waals surface area (Å²) in [6, 6.07) is 13.9. The molecule has 6 nitrogen and oxygen atoms in total. The van der Waals surface area contributed by atoms with Gasteiger partial charge in [0.25, 0.3) is 5.91 Å². The van der Waals surface area contributed by atoms with Gasteiger partial charge in [0.1, 0.15) is 17.3 Å². The molecule has 0 radical (unpaired) electrons. The summed E-state index contributed by atoms with van der Waals surface area (Å²) in [5, 5.41) is 4.35.